The summed E-state index contributed by atoms with van der Waals surface area (Å²) in [6, 6.07) is 10.5. The molecule has 1 heterocycles. The Balaban J connectivity index is 1.39. The summed E-state index contributed by atoms with van der Waals surface area (Å²) < 4.78 is 0. The van der Waals surface area contributed by atoms with E-state index in [0.29, 0.717) is 6.04 Å². The Morgan fingerprint density at radius 2 is 1.62 bits per heavy atom. The molecule has 0 spiro atoms. The summed E-state index contributed by atoms with van der Waals surface area (Å²) in [5.74, 6) is 6.60. The first-order chi connectivity index (χ1) is 10.4. The van der Waals surface area contributed by atoms with Gasteiger partial charge in [-0.3, -0.25) is 0 Å². The Bertz CT molecular complexity index is 512. The van der Waals surface area contributed by atoms with Crippen LogP contribution < -0.4 is 5.32 Å². The van der Waals surface area contributed by atoms with Crippen LogP contribution in [-0.4, -0.2) is 11.8 Å². The highest BCUT2D eigenvalue weighted by Crippen LogP contribution is 2.54. The maximum Gasteiger partial charge on any atom is 0.0417 e. The molecule has 0 radical (unpaired) electrons. The van der Waals surface area contributed by atoms with Crippen molar-refractivity contribution in [2.45, 2.75) is 49.9 Å². The molecule has 1 aliphatic heterocycles. The molecule has 4 bridgehead atoms. The molecule has 4 fully saturated rings. The molecule has 1 N–H and O–H groups in total. The average molecular weight is 299 g/mol. The van der Waals surface area contributed by atoms with E-state index in [2.05, 4.69) is 41.3 Å². The van der Waals surface area contributed by atoms with Gasteiger partial charge in [-0.25, -0.2) is 0 Å². The zero-order chi connectivity index (χ0) is 13.8. The molecule has 4 aliphatic carbocycles. The van der Waals surface area contributed by atoms with Crippen LogP contribution in [0.15, 0.2) is 24.3 Å². The lowest BCUT2D eigenvalue weighted by Crippen LogP contribution is -2.55. The van der Waals surface area contributed by atoms with Crippen LogP contribution in [0.1, 0.15) is 49.3 Å². The molecular weight excluding hydrogens is 274 g/mol. The Labute approximate surface area is 132 Å². The lowest BCUT2D eigenvalue weighted by atomic mass is 9.54. The minimum absolute atomic E-state index is 0.600. The van der Waals surface area contributed by atoms with E-state index in [-0.39, 0.29) is 0 Å². The number of hydrogen-bond acceptors (Lipinski definition) is 2. The molecule has 4 saturated carbocycles. The molecule has 112 valence electrons. The van der Waals surface area contributed by atoms with Gasteiger partial charge in [0, 0.05) is 23.6 Å². The molecule has 2 heteroatoms. The van der Waals surface area contributed by atoms with E-state index in [4.69, 9.17) is 0 Å². The highest BCUT2D eigenvalue weighted by molar-refractivity contribution is 7.98. The fraction of sp³-hybridized carbons (Fsp3) is 0.684. The van der Waals surface area contributed by atoms with Gasteiger partial charge in [-0.15, -0.1) is 0 Å². The second kappa shape index (κ2) is 5.03. The largest absolute Gasteiger partial charge is 0.306 e. The third kappa shape index (κ3) is 2.17. The van der Waals surface area contributed by atoms with Crippen LogP contribution in [0.4, 0.5) is 0 Å². The number of benzene rings is 1. The molecule has 1 aromatic rings. The van der Waals surface area contributed by atoms with Gasteiger partial charge in [0.1, 0.15) is 0 Å². The first-order valence-corrected chi connectivity index (χ1v) is 9.94. The summed E-state index contributed by atoms with van der Waals surface area (Å²) in [5.41, 5.74) is 3.15. The van der Waals surface area contributed by atoms with Crippen molar-refractivity contribution in [3.63, 3.8) is 0 Å². The van der Waals surface area contributed by atoms with E-state index in [1.165, 1.54) is 37.2 Å². The van der Waals surface area contributed by atoms with Crippen LogP contribution in [0.3, 0.4) is 0 Å². The average Bonchev–Trinajstić information content (AvgIpc) is 2.50. The van der Waals surface area contributed by atoms with Gasteiger partial charge in [-0.05, 0) is 66.9 Å². The van der Waals surface area contributed by atoms with Crippen LogP contribution >= 0.6 is 11.8 Å². The standard InChI is InChI=1S/C19H25NS/c1-2-4-17-14(3-1)10-21-11-18(17)20-19-15-6-12-5-13(8-15)9-16(19)7-12/h1-4,12-13,15-16,18-20H,5-11H2. The van der Waals surface area contributed by atoms with E-state index >= 15 is 0 Å². The Morgan fingerprint density at radius 3 is 2.38 bits per heavy atom. The minimum atomic E-state index is 0.600. The summed E-state index contributed by atoms with van der Waals surface area (Å²) in [6.45, 7) is 0. The van der Waals surface area contributed by atoms with E-state index in [9.17, 15) is 0 Å². The van der Waals surface area contributed by atoms with Gasteiger partial charge in [-0.1, -0.05) is 24.3 Å². The summed E-state index contributed by atoms with van der Waals surface area (Å²) in [6.07, 6.45) is 7.64. The summed E-state index contributed by atoms with van der Waals surface area (Å²) in [7, 11) is 0. The van der Waals surface area contributed by atoms with Crippen molar-refractivity contribution in [1.82, 2.24) is 5.32 Å². The molecule has 1 aromatic carbocycles. The third-order valence-corrected chi connectivity index (χ3v) is 7.68. The van der Waals surface area contributed by atoms with Crippen LogP contribution in [0, 0.1) is 23.7 Å². The molecule has 0 aromatic heterocycles. The van der Waals surface area contributed by atoms with Crippen molar-refractivity contribution in [2.75, 3.05) is 5.75 Å². The maximum atomic E-state index is 4.14. The molecule has 6 rings (SSSR count). The van der Waals surface area contributed by atoms with Crippen LogP contribution in [-0.2, 0) is 5.75 Å². The minimum Gasteiger partial charge on any atom is -0.306 e. The predicted molar refractivity (Wildman–Crippen MR) is 89.3 cm³/mol. The van der Waals surface area contributed by atoms with Crippen molar-refractivity contribution < 1.29 is 0 Å². The first-order valence-electron chi connectivity index (χ1n) is 8.78. The second-order valence-electron chi connectivity index (χ2n) is 7.89. The Kier molecular flexibility index (Phi) is 3.11. The topological polar surface area (TPSA) is 12.0 Å². The summed E-state index contributed by atoms with van der Waals surface area (Å²) >= 11 is 2.11. The van der Waals surface area contributed by atoms with Crippen molar-refractivity contribution in [3.8, 4) is 0 Å². The van der Waals surface area contributed by atoms with Crippen LogP contribution in [0.25, 0.3) is 0 Å². The van der Waals surface area contributed by atoms with Crippen LogP contribution in [0.2, 0.25) is 0 Å². The zero-order valence-corrected chi connectivity index (χ0v) is 13.4. The van der Waals surface area contributed by atoms with Crippen molar-refractivity contribution in [1.29, 1.82) is 0 Å². The van der Waals surface area contributed by atoms with Gasteiger partial charge >= 0.3 is 0 Å². The molecule has 1 atom stereocenters. The van der Waals surface area contributed by atoms with Gasteiger partial charge in [0.15, 0.2) is 0 Å². The quantitative estimate of drug-likeness (QED) is 0.869. The molecule has 0 amide bonds. The number of nitrogens with one attached hydrogen (secondary N) is 1. The van der Waals surface area contributed by atoms with Crippen LogP contribution in [0.5, 0.6) is 0 Å². The maximum absolute atomic E-state index is 4.14. The van der Waals surface area contributed by atoms with Gasteiger partial charge < -0.3 is 5.32 Å². The first kappa shape index (κ1) is 13.0. The monoisotopic (exact) mass is 299 g/mol. The lowest BCUT2D eigenvalue weighted by molar-refractivity contribution is -0.0169. The third-order valence-electron chi connectivity index (χ3n) is 6.59. The van der Waals surface area contributed by atoms with E-state index < -0.39 is 0 Å². The zero-order valence-electron chi connectivity index (χ0n) is 12.6. The van der Waals surface area contributed by atoms with Crippen molar-refractivity contribution >= 4 is 11.8 Å². The number of hydrogen-bond donors (Lipinski definition) is 1. The predicted octanol–water partition coefficient (Wildman–Crippen LogP) is 4.39. The summed E-state index contributed by atoms with van der Waals surface area (Å²) in [4.78, 5) is 0. The van der Waals surface area contributed by atoms with Gasteiger partial charge in [0.25, 0.3) is 0 Å². The molecule has 1 unspecified atom stereocenters. The smallest absolute Gasteiger partial charge is 0.0417 e. The Morgan fingerprint density at radius 1 is 0.905 bits per heavy atom. The molecule has 21 heavy (non-hydrogen) atoms. The number of rotatable bonds is 2. The number of fused-ring (bicyclic) bond motifs is 1. The Hall–Kier alpha value is -0.470. The molecule has 0 saturated heterocycles. The second-order valence-corrected chi connectivity index (χ2v) is 8.92. The van der Waals surface area contributed by atoms with Gasteiger partial charge in [-0.2, -0.15) is 11.8 Å². The molecule has 5 aliphatic rings. The number of thioether (sulfide) groups is 1. The lowest BCUT2D eigenvalue weighted by Gasteiger charge is -2.55. The highest BCUT2D eigenvalue weighted by atomic mass is 32.2. The highest BCUT2D eigenvalue weighted by Gasteiger charge is 2.48. The molecular formula is C19H25NS. The van der Waals surface area contributed by atoms with E-state index in [1.54, 1.807) is 17.5 Å². The van der Waals surface area contributed by atoms with Gasteiger partial charge in [0.2, 0.25) is 0 Å². The normalized spacial score (nSPS) is 43.8. The van der Waals surface area contributed by atoms with Gasteiger partial charge in [0.05, 0.1) is 0 Å². The van der Waals surface area contributed by atoms with E-state index in [1.807, 2.05) is 0 Å². The van der Waals surface area contributed by atoms with Crippen molar-refractivity contribution in [3.05, 3.63) is 35.4 Å². The summed E-state index contributed by atoms with van der Waals surface area (Å²) in [5, 5.41) is 4.14. The fourth-order valence-electron chi connectivity index (χ4n) is 5.95. The van der Waals surface area contributed by atoms with E-state index in [0.717, 1.165) is 29.7 Å². The van der Waals surface area contributed by atoms with Crippen molar-refractivity contribution in [2.24, 2.45) is 23.7 Å². The SMILES string of the molecule is c1ccc2c(c1)CSCC2NC1C2CC3CC(C2)CC1C3. The fourth-order valence-corrected chi connectivity index (χ4v) is 7.06. The molecule has 1 nitrogen and oxygen atoms in total.